The Balaban J connectivity index is 1.41. The molecule has 1 aliphatic heterocycles. The summed E-state index contributed by atoms with van der Waals surface area (Å²) in [6.45, 7) is 0.965. The highest BCUT2D eigenvalue weighted by atomic mass is 19.1. The molecule has 1 aliphatic rings. The number of pyridine rings is 1. The van der Waals surface area contributed by atoms with E-state index in [-0.39, 0.29) is 31.0 Å². The summed E-state index contributed by atoms with van der Waals surface area (Å²) >= 11 is 0. The fraction of sp³-hybridized carbons (Fsp3) is 0.240. The molecule has 1 N–H and O–H groups in total. The number of alkyl halides is 1. The van der Waals surface area contributed by atoms with Crippen LogP contribution in [0.5, 0.6) is 0 Å². The number of carbonyl (C=O) groups is 3. The minimum atomic E-state index is -1.32. The number of nitrogens with zero attached hydrogens (tertiary/aromatic N) is 6. The van der Waals surface area contributed by atoms with Crippen LogP contribution in [0.25, 0.3) is 22.0 Å². The van der Waals surface area contributed by atoms with E-state index < -0.39 is 24.0 Å². The second-order valence-corrected chi connectivity index (χ2v) is 8.55. The van der Waals surface area contributed by atoms with Crippen molar-refractivity contribution in [2.75, 3.05) is 11.9 Å². The maximum atomic E-state index is 14.3. The van der Waals surface area contributed by atoms with Crippen molar-refractivity contribution in [3.63, 3.8) is 0 Å². The Labute approximate surface area is 205 Å². The largest absolute Gasteiger partial charge is 0.326 e. The van der Waals surface area contributed by atoms with Gasteiger partial charge in [0.25, 0.3) is 0 Å². The first kappa shape index (κ1) is 23.2. The smallest absolute Gasteiger partial charge is 0.247 e. The summed E-state index contributed by atoms with van der Waals surface area (Å²) in [5.41, 5.74) is 2.89. The van der Waals surface area contributed by atoms with Gasteiger partial charge in [-0.15, -0.1) is 0 Å². The SMILES string of the molecule is CC(=O)c1nn(CC(=O)N2C[C@H](F)C[C@H]2C(=O)Nc2cccnc2)c2ccc(-c3ccnnc3)cc12. The van der Waals surface area contributed by atoms with E-state index in [1.165, 1.54) is 22.7 Å². The molecular weight excluding hydrogens is 465 g/mol. The van der Waals surface area contributed by atoms with Crippen molar-refractivity contribution in [3.05, 3.63) is 66.9 Å². The van der Waals surface area contributed by atoms with Crippen molar-refractivity contribution in [2.24, 2.45) is 0 Å². The molecule has 36 heavy (non-hydrogen) atoms. The Kier molecular flexibility index (Phi) is 6.19. The number of benzene rings is 1. The Hall–Kier alpha value is -4.54. The first-order chi connectivity index (χ1) is 17.4. The number of carbonyl (C=O) groups excluding carboxylic acids is 3. The van der Waals surface area contributed by atoms with Crippen LogP contribution < -0.4 is 5.32 Å². The van der Waals surface area contributed by atoms with Gasteiger partial charge >= 0.3 is 0 Å². The van der Waals surface area contributed by atoms with Crippen molar-refractivity contribution >= 4 is 34.2 Å². The monoisotopic (exact) mass is 487 g/mol. The number of fused-ring (bicyclic) bond motifs is 1. The number of anilines is 1. The minimum absolute atomic E-state index is 0.0975. The molecule has 1 fully saturated rings. The van der Waals surface area contributed by atoms with Crippen molar-refractivity contribution in [2.45, 2.75) is 32.1 Å². The third-order valence-electron chi connectivity index (χ3n) is 6.09. The summed E-state index contributed by atoms with van der Waals surface area (Å²) in [5.74, 6) is -1.21. The summed E-state index contributed by atoms with van der Waals surface area (Å²) in [4.78, 5) is 43.6. The average Bonchev–Trinajstić information content (AvgIpc) is 3.46. The molecule has 10 nitrogen and oxygen atoms in total. The molecule has 182 valence electrons. The molecule has 11 heteroatoms. The zero-order chi connectivity index (χ0) is 25.2. The number of Topliss-reactive ketones (excluding diaryl/α,β-unsaturated/α-hetero) is 1. The van der Waals surface area contributed by atoms with E-state index in [9.17, 15) is 18.8 Å². The van der Waals surface area contributed by atoms with E-state index in [4.69, 9.17) is 0 Å². The first-order valence-corrected chi connectivity index (χ1v) is 11.3. The number of rotatable bonds is 6. The van der Waals surface area contributed by atoms with Crippen molar-refractivity contribution < 1.29 is 18.8 Å². The molecule has 0 unspecified atom stereocenters. The van der Waals surface area contributed by atoms with E-state index in [0.29, 0.717) is 16.6 Å². The van der Waals surface area contributed by atoms with Gasteiger partial charge in [0.2, 0.25) is 11.8 Å². The van der Waals surface area contributed by atoms with Crippen LogP contribution in [0, 0.1) is 0 Å². The number of ketones is 1. The predicted molar refractivity (Wildman–Crippen MR) is 129 cm³/mol. The van der Waals surface area contributed by atoms with Crippen molar-refractivity contribution in [1.29, 1.82) is 0 Å². The average molecular weight is 487 g/mol. The zero-order valence-electron chi connectivity index (χ0n) is 19.3. The van der Waals surface area contributed by atoms with Crippen LogP contribution in [-0.4, -0.2) is 66.2 Å². The van der Waals surface area contributed by atoms with Crippen LogP contribution in [0.15, 0.2) is 61.2 Å². The lowest BCUT2D eigenvalue weighted by atomic mass is 10.0. The summed E-state index contributed by atoms with van der Waals surface area (Å²) in [7, 11) is 0. The molecule has 0 aliphatic carbocycles. The van der Waals surface area contributed by atoms with E-state index in [1.807, 2.05) is 12.1 Å². The van der Waals surface area contributed by atoms with Crippen LogP contribution in [0.1, 0.15) is 23.8 Å². The highest BCUT2D eigenvalue weighted by molar-refractivity contribution is 6.06. The maximum Gasteiger partial charge on any atom is 0.247 e. The molecule has 2 atom stereocenters. The lowest BCUT2D eigenvalue weighted by Crippen LogP contribution is -2.44. The van der Waals surface area contributed by atoms with E-state index in [2.05, 4.69) is 25.6 Å². The summed E-state index contributed by atoms with van der Waals surface area (Å²) in [5, 5.41) is 15.3. The third-order valence-corrected chi connectivity index (χ3v) is 6.09. The van der Waals surface area contributed by atoms with Gasteiger partial charge < -0.3 is 10.2 Å². The zero-order valence-corrected chi connectivity index (χ0v) is 19.3. The number of aromatic nitrogens is 5. The van der Waals surface area contributed by atoms with Gasteiger partial charge in [-0.3, -0.25) is 24.0 Å². The molecule has 1 aromatic carbocycles. The van der Waals surface area contributed by atoms with Gasteiger partial charge in [0.1, 0.15) is 24.5 Å². The van der Waals surface area contributed by atoms with Gasteiger partial charge in [-0.05, 0) is 35.9 Å². The van der Waals surface area contributed by atoms with Crippen LogP contribution in [0.4, 0.5) is 10.1 Å². The molecule has 0 bridgehead atoms. The Morgan fingerprint density at radius 2 is 1.94 bits per heavy atom. The number of hydrogen-bond acceptors (Lipinski definition) is 7. The number of amides is 2. The topological polar surface area (TPSA) is 123 Å². The summed E-state index contributed by atoms with van der Waals surface area (Å²) in [6, 6.07) is 9.58. The molecule has 1 saturated heterocycles. The van der Waals surface area contributed by atoms with Gasteiger partial charge in [-0.1, -0.05) is 6.07 Å². The second-order valence-electron chi connectivity index (χ2n) is 8.55. The van der Waals surface area contributed by atoms with E-state index in [0.717, 1.165) is 11.1 Å². The van der Waals surface area contributed by atoms with Gasteiger partial charge in [0, 0.05) is 30.5 Å². The Morgan fingerprint density at radius 3 is 2.67 bits per heavy atom. The lowest BCUT2D eigenvalue weighted by Gasteiger charge is -2.23. The predicted octanol–water partition coefficient (Wildman–Crippen LogP) is 2.67. The molecule has 4 heterocycles. The normalized spacial score (nSPS) is 17.3. The highest BCUT2D eigenvalue weighted by Crippen LogP contribution is 2.28. The molecule has 0 saturated carbocycles. The molecule has 0 spiro atoms. The van der Waals surface area contributed by atoms with Crippen LogP contribution in [0.2, 0.25) is 0 Å². The van der Waals surface area contributed by atoms with E-state index in [1.54, 1.807) is 42.9 Å². The summed E-state index contributed by atoms with van der Waals surface area (Å²) < 4.78 is 15.7. The van der Waals surface area contributed by atoms with Crippen LogP contribution in [0.3, 0.4) is 0 Å². The number of likely N-dealkylation sites (tertiary alicyclic amines) is 1. The van der Waals surface area contributed by atoms with Gasteiger partial charge in [0.15, 0.2) is 5.78 Å². The van der Waals surface area contributed by atoms with Crippen molar-refractivity contribution in [3.8, 4) is 11.1 Å². The van der Waals surface area contributed by atoms with Crippen LogP contribution in [-0.2, 0) is 16.1 Å². The Bertz CT molecular complexity index is 1440. The number of nitrogens with one attached hydrogen (secondary N) is 1. The van der Waals surface area contributed by atoms with Gasteiger partial charge in [-0.25, -0.2) is 4.39 Å². The first-order valence-electron chi connectivity index (χ1n) is 11.3. The molecule has 5 rings (SSSR count). The quantitative estimate of drug-likeness (QED) is 0.415. The second kappa shape index (κ2) is 9.61. The molecule has 2 amide bonds. The molecule has 3 aromatic heterocycles. The molecule has 4 aromatic rings. The standard InChI is InChI=1S/C25H22FN7O3/c1-15(34)24-20-9-16(17-6-8-28-29-11-17)4-5-21(20)33(31-24)14-23(35)32-13-18(26)10-22(32)25(36)30-19-3-2-7-27-12-19/h2-9,11-12,18,22H,10,13-14H2,1H3,(H,30,36)/t18-,22+/m1/s1. The maximum absolute atomic E-state index is 14.3. The van der Waals surface area contributed by atoms with Crippen LogP contribution >= 0.6 is 0 Å². The van der Waals surface area contributed by atoms with E-state index >= 15 is 0 Å². The fourth-order valence-electron chi connectivity index (χ4n) is 4.39. The van der Waals surface area contributed by atoms with Crippen molar-refractivity contribution in [1.82, 2.24) is 29.9 Å². The molecule has 0 radical (unpaired) electrons. The fourth-order valence-corrected chi connectivity index (χ4v) is 4.39. The highest BCUT2D eigenvalue weighted by Gasteiger charge is 2.40. The molecular formula is C25H22FN7O3. The third kappa shape index (κ3) is 4.54. The minimum Gasteiger partial charge on any atom is -0.326 e. The number of halogens is 1. The lowest BCUT2D eigenvalue weighted by molar-refractivity contribution is -0.137. The van der Waals surface area contributed by atoms with Gasteiger partial charge in [0.05, 0.1) is 36.3 Å². The number of hydrogen-bond donors (Lipinski definition) is 1. The summed E-state index contributed by atoms with van der Waals surface area (Å²) in [6.07, 6.45) is 4.81. The van der Waals surface area contributed by atoms with Gasteiger partial charge in [-0.2, -0.15) is 15.3 Å². The Morgan fingerprint density at radius 1 is 1.08 bits per heavy atom.